The number of aldehydes is 1. The summed E-state index contributed by atoms with van der Waals surface area (Å²) in [5, 5.41) is 7.88. The minimum absolute atomic E-state index is 0.241. The van der Waals surface area contributed by atoms with E-state index >= 15 is 0 Å². The Kier molecular flexibility index (Phi) is 4.61. The van der Waals surface area contributed by atoms with Crippen LogP contribution in [0.1, 0.15) is 42.9 Å². The van der Waals surface area contributed by atoms with E-state index in [0.29, 0.717) is 18.2 Å². The van der Waals surface area contributed by atoms with Crippen LogP contribution in [0.15, 0.2) is 0 Å². The van der Waals surface area contributed by atoms with Gasteiger partial charge in [-0.1, -0.05) is 26.0 Å². The molecule has 0 saturated carbocycles. The molecule has 1 unspecified atom stereocenters. The van der Waals surface area contributed by atoms with Gasteiger partial charge in [-0.15, -0.1) is 5.10 Å². The van der Waals surface area contributed by atoms with Crippen molar-refractivity contribution in [3.05, 3.63) is 11.4 Å². The molecule has 90 valence electrons. The number of carbonyl (C=O) groups is 1. The Morgan fingerprint density at radius 2 is 2.12 bits per heavy atom. The first-order valence-electron chi connectivity index (χ1n) is 5.47. The molecule has 0 spiro atoms. The summed E-state index contributed by atoms with van der Waals surface area (Å²) >= 11 is 0. The Hall–Kier alpha value is -1.23. The van der Waals surface area contributed by atoms with Gasteiger partial charge in [0, 0.05) is 13.7 Å². The Bertz CT molecular complexity index is 347. The van der Waals surface area contributed by atoms with Crippen LogP contribution in [-0.2, 0) is 11.3 Å². The van der Waals surface area contributed by atoms with E-state index in [1.54, 1.807) is 11.8 Å². The molecule has 16 heavy (non-hydrogen) atoms. The minimum Gasteiger partial charge on any atom is -0.384 e. The Morgan fingerprint density at radius 3 is 2.62 bits per heavy atom. The average molecular weight is 225 g/mol. The van der Waals surface area contributed by atoms with Gasteiger partial charge in [0.25, 0.3) is 0 Å². The molecule has 0 aliphatic carbocycles. The zero-order valence-corrected chi connectivity index (χ0v) is 10.3. The van der Waals surface area contributed by atoms with Gasteiger partial charge in [0.15, 0.2) is 6.29 Å². The number of methoxy groups -OCH3 is 1. The Labute approximate surface area is 95.8 Å². The van der Waals surface area contributed by atoms with Crippen molar-refractivity contribution in [1.29, 1.82) is 0 Å². The van der Waals surface area contributed by atoms with Crippen LogP contribution in [0.2, 0.25) is 0 Å². The summed E-state index contributed by atoms with van der Waals surface area (Å²) in [6, 6.07) is 0. The molecule has 0 N–H and O–H groups in total. The molecule has 1 atom stereocenters. The van der Waals surface area contributed by atoms with E-state index in [9.17, 15) is 4.79 Å². The van der Waals surface area contributed by atoms with Crippen molar-refractivity contribution in [1.82, 2.24) is 15.0 Å². The summed E-state index contributed by atoms with van der Waals surface area (Å²) in [6.45, 7) is 7.54. The predicted molar refractivity (Wildman–Crippen MR) is 60.5 cm³/mol. The normalized spacial score (nSPS) is 13.1. The van der Waals surface area contributed by atoms with Gasteiger partial charge < -0.3 is 4.74 Å². The second-order valence-electron chi connectivity index (χ2n) is 4.38. The molecule has 5 nitrogen and oxygen atoms in total. The number of aromatic nitrogens is 3. The molecule has 1 aromatic heterocycles. The van der Waals surface area contributed by atoms with Crippen molar-refractivity contribution in [2.24, 2.45) is 5.92 Å². The SMILES string of the molecule is COCC(C)Cn1nnc(C=O)c1C(C)C. The molecule has 0 radical (unpaired) electrons. The molecule has 0 aromatic carbocycles. The topological polar surface area (TPSA) is 57.0 Å². The monoisotopic (exact) mass is 225 g/mol. The second kappa shape index (κ2) is 5.75. The van der Waals surface area contributed by atoms with Crippen LogP contribution >= 0.6 is 0 Å². The van der Waals surface area contributed by atoms with E-state index in [2.05, 4.69) is 17.2 Å². The number of hydrogen-bond donors (Lipinski definition) is 0. The standard InChI is InChI=1S/C11H19N3O2/c1-8(2)11-10(6-15)12-13-14(11)5-9(3)7-16-4/h6,8-9H,5,7H2,1-4H3. The molecule has 0 fully saturated rings. The van der Waals surface area contributed by atoms with Crippen LogP contribution in [-0.4, -0.2) is 35.0 Å². The van der Waals surface area contributed by atoms with E-state index in [1.807, 2.05) is 13.8 Å². The predicted octanol–water partition coefficient (Wildman–Crippen LogP) is 1.50. The molecule has 0 aliphatic rings. The molecule has 0 bridgehead atoms. The van der Waals surface area contributed by atoms with E-state index in [0.717, 1.165) is 18.5 Å². The highest BCUT2D eigenvalue weighted by Gasteiger charge is 2.16. The summed E-state index contributed by atoms with van der Waals surface area (Å²) in [4.78, 5) is 10.8. The summed E-state index contributed by atoms with van der Waals surface area (Å²) in [5.74, 6) is 0.591. The quantitative estimate of drug-likeness (QED) is 0.688. The molecule has 0 amide bonds. The molecular formula is C11H19N3O2. The molecule has 5 heteroatoms. The van der Waals surface area contributed by atoms with Crippen LogP contribution in [0.25, 0.3) is 0 Å². The van der Waals surface area contributed by atoms with Crippen LogP contribution in [0.5, 0.6) is 0 Å². The lowest BCUT2D eigenvalue weighted by molar-refractivity contribution is 0.111. The summed E-state index contributed by atoms with van der Waals surface area (Å²) in [7, 11) is 1.68. The van der Waals surface area contributed by atoms with E-state index in [4.69, 9.17) is 4.74 Å². The second-order valence-corrected chi connectivity index (χ2v) is 4.38. The lowest BCUT2D eigenvalue weighted by atomic mass is 10.1. The number of hydrogen-bond acceptors (Lipinski definition) is 4. The maximum Gasteiger partial charge on any atom is 0.172 e. The Morgan fingerprint density at radius 1 is 1.44 bits per heavy atom. The van der Waals surface area contributed by atoms with Crippen molar-refractivity contribution >= 4 is 6.29 Å². The van der Waals surface area contributed by atoms with Gasteiger partial charge in [-0.25, -0.2) is 4.68 Å². The van der Waals surface area contributed by atoms with Gasteiger partial charge >= 0.3 is 0 Å². The van der Waals surface area contributed by atoms with Crippen LogP contribution in [0.3, 0.4) is 0 Å². The molecule has 1 rings (SSSR count). The fourth-order valence-corrected chi connectivity index (χ4v) is 1.78. The lowest BCUT2D eigenvalue weighted by Crippen LogP contribution is -2.16. The van der Waals surface area contributed by atoms with Gasteiger partial charge in [-0.05, 0) is 11.8 Å². The van der Waals surface area contributed by atoms with Crippen molar-refractivity contribution in [3.8, 4) is 0 Å². The molecule has 0 aliphatic heterocycles. The number of ether oxygens (including phenoxy) is 1. The first-order chi connectivity index (χ1) is 7.60. The van der Waals surface area contributed by atoms with E-state index in [1.165, 1.54) is 0 Å². The zero-order chi connectivity index (χ0) is 12.1. The van der Waals surface area contributed by atoms with Gasteiger partial charge in [-0.2, -0.15) is 0 Å². The number of carbonyl (C=O) groups excluding carboxylic acids is 1. The van der Waals surface area contributed by atoms with Gasteiger partial charge in [0.05, 0.1) is 12.3 Å². The molecular weight excluding hydrogens is 206 g/mol. The molecule has 0 saturated heterocycles. The fraction of sp³-hybridized carbons (Fsp3) is 0.727. The highest BCUT2D eigenvalue weighted by atomic mass is 16.5. The molecule has 1 aromatic rings. The first kappa shape index (κ1) is 12.8. The first-order valence-corrected chi connectivity index (χ1v) is 5.47. The van der Waals surface area contributed by atoms with Crippen molar-refractivity contribution < 1.29 is 9.53 Å². The third kappa shape index (κ3) is 2.88. The van der Waals surface area contributed by atoms with Crippen LogP contribution in [0, 0.1) is 5.92 Å². The highest BCUT2D eigenvalue weighted by molar-refractivity contribution is 5.73. The van der Waals surface area contributed by atoms with Crippen molar-refractivity contribution in [2.45, 2.75) is 33.2 Å². The maximum atomic E-state index is 10.8. The average Bonchev–Trinajstić information content (AvgIpc) is 2.61. The highest BCUT2D eigenvalue weighted by Crippen LogP contribution is 2.17. The van der Waals surface area contributed by atoms with E-state index < -0.39 is 0 Å². The van der Waals surface area contributed by atoms with Gasteiger partial charge in [-0.3, -0.25) is 4.79 Å². The smallest absolute Gasteiger partial charge is 0.172 e. The molecule has 1 heterocycles. The van der Waals surface area contributed by atoms with E-state index in [-0.39, 0.29) is 5.92 Å². The number of rotatable bonds is 6. The third-order valence-electron chi connectivity index (χ3n) is 2.40. The van der Waals surface area contributed by atoms with Gasteiger partial charge in [0.1, 0.15) is 5.69 Å². The summed E-state index contributed by atoms with van der Waals surface area (Å²) in [6.07, 6.45) is 0.764. The summed E-state index contributed by atoms with van der Waals surface area (Å²) in [5.41, 5.74) is 1.34. The Balaban J connectivity index is 2.87. The van der Waals surface area contributed by atoms with Crippen molar-refractivity contribution in [2.75, 3.05) is 13.7 Å². The van der Waals surface area contributed by atoms with Crippen LogP contribution in [0.4, 0.5) is 0 Å². The number of nitrogens with zero attached hydrogens (tertiary/aromatic N) is 3. The minimum atomic E-state index is 0.241. The third-order valence-corrected chi connectivity index (χ3v) is 2.40. The zero-order valence-electron chi connectivity index (χ0n) is 10.3. The maximum absolute atomic E-state index is 10.8. The largest absolute Gasteiger partial charge is 0.384 e. The van der Waals surface area contributed by atoms with Gasteiger partial charge in [0.2, 0.25) is 0 Å². The lowest BCUT2D eigenvalue weighted by Gasteiger charge is -2.13. The fourth-order valence-electron chi connectivity index (χ4n) is 1.78. The summed E-state index contributed by atoms with van der Waals surface area (Å²) < 4.78 is 6.88. The van der Waals surface area contributed by atoms with Crippen molar-refractivity contribution in [3.63, 3.8) is 0 Å². The van der Waals surface area contributed by atoms with Crippen LogP contribution < -0.4 is 0 Å².